The lowest BCUT2D eigenvalue weighted by Crippen LogP contribution is -2.26. The molecule has 3 rings (SSSR count). The molecule has 2 aliphatic heterocycles. The highest BCUT2D eigenvalue weighted by molar-refractivity contribution is 9.10. The highest BCUT2D eigenvalue weighted by atomic mass is 79.9. The van der Waals surface area contributed by atoms with Crippen molar-refractivity contribution in [3.05, 3.63) is 22.2 Å². The van der Waals surface area contributed by atoms with E-state index in [9.17, 15) is 0 Å². The van der Waals surface area contributed by atoms with Crippen molar-refractivity contribution in [2.45, 2.75) is 31.1 Å². The molecule has 0 radical (unpaired) electrons. The van der Waals surface area contributed by atoms with Crippen LogP contribution >= 0.6 is 27.7 Å². The second-order valence-corrected chi connectivity index (χ2v) is 7.48. The van der Waals surface area contributed by atoms with Crippen LogP contribution in [0.15, 0.2) is 16.6 Å². The van der Waals surface area contributed by atoms with Gasteiger partial charge in [-0.1, -0.05) is 6.42 Å². The lowest BCUT2D eigenvalue weighted by Gasteiger charge is -2.22. The minimum absolute atomic E-state index is 0.627. The summed E-state index contributed by atoms with van der Waals surface area (Å²) in [5.41, 5.74) is 1.24. The van der Waals surface area contributed by atoms with E-state index in [4.69, 9.17) is 9.47 Å². The monoisotopic (exact) mass is 357 g/mol. The molecular weight excluding hydrogens is 338 g/mol. The van der Waals surface area contributed by atoms with Crippen molar-refractivity contribution in [1.29, 1.82) is 0 Å². The highest BCUT2D eigenvalue weighted by Gasteiger charge is 2.17. The van der Waals surface area contributed by atoms with E-state index in [0.29, 0.717) is 13.2 Å². The van der Waals surface area contributed by atoms with E-state index >= 15 is 0 Å². The van der Waals surface area contributed by atoms with Crippen LogP contribution < -0.4 is 14.8 Å². The molecule has 0 spiro atoms. The second kappa shape index (κ2) is 7.05. The smallest absolute Gasteiger partial charge is 0.175 e. The molecule has 3 nitrogen and oxygen atoms in total. The lowest BCUT2D eigenvalue weighted by atomic mass is 10.1. The molecule has 0 amide bonds. The van der Waals surface area contributed by atoms with Crippen molar-refractivity contribution in [3.8, 4) is 11.5 Å². The quantitative estimate of drug-likeness (QED) is 0.891. The second-order valence-electron chi connectivity index (χ2n) is 5.22. The lowest BCUT2D eigenvalue weighted by molar-refractivity contribution is 0.170. The van der Waals surface area contributed by atoms with Gasteiger partial charge in [-0.2, -0.15) is 11.8 Å². The Balaban J connectivity index is 1.56. The number of rotatable bonds is 4. The van der Waals surface area contributed by atoms with E-state index in [2.05, 4.69) is 45.1 Å². The summed E-state index contributed by atoms with van der Waals surface area (Å²) in [7, 11) is 0. The first-order valence-corrected chi connectivity index (χ1v) is 9.07. The third kappa shape index (κ3) is 3.62. The molecule has 1 atom stereocenters. The fourth-order valence-electron chi connectivity index (χ4n) is 2.61. The van der Waals surface area contributed by atoms with Gasteiger partial charge >= 0.3 is 0 Å². The Morgan fingerprint density at radius 1 is 1.25 bits per heavy atom. The molecule has 1 saturated heterocycles. The van der Waals surface area contributed by atoms with Crippen LogP contribution in [0.5, 0.6) is 11.5 Å². The van der Waals surface area contributed by atoms with Crippen LogP contribution in [0.3, 0.4) is 0 Å². The van der Waals surface area contributed by atoms with Crippen LogP contribution in [0.25, 0.3) is 0 Å². The molecule has 1 N–H and O–H groups in total. The minimum atomic E-state index is 0.627. The number of nitrogens with one attached hydrogen (secondary N) is 1. The van der Waals surface area contributed by atoms with Crippen LogP contribution in [0, 0.1) is 0 Å². The van der Waals surface area contributed by atoms with Crippen molar-refractivity contribution < 1.29 is 9.47 Å². The molecule has 1 aromatic carbocycles. The summed E-state index contributed by atoms with van der Waals surface area (Å²) < 4.78 is 12.3. The average Bonchev–Trinajstić information content (AvgIpc) is 2.48. The van der Waals surface area contributed by atoms with Crippen molar-refractivity contribution in [2.24, 2.45) is 0 Å². The average molecular weight is 358 g/mol. The fraction of sp³-hybridized carbons (Fsp3) is 0.600. The summed E-state index contributed by atoms with van der Waals surface area (Å²) in [5, 5.41) is 4.35. The Kier molecular flexibility index (Phi) is 5.13. The van der Waals surface area contributed by atoms with Gasteiger partial charge in [0.2, 0.25) is 0 Å². The Bertz CT molecular complexity index is 463. The molecule has 0 aromatic heterocycles. The van der Waals surface area contributed by atoms with E-state index in [1.54, 1.807) is 0 Å². The first-order chi connectivity index (χ1) is 9.83. The van der Waals surface area contributed by atoms with Crippen molar-refractivity contribution in [2.75, 3.05) is 25.5 Å². The topological polar surface area (TPSA) is 30.5 Å². The van der Waals surface area contributed by atoms with Gasteiger partial charge in [0, 0.05) is 18.3 Å². The summed E-state index contributed by atoms with van der Waals surface area (Å²) >= 11 is 5.67. The molecule has 5 heteroatoms. The zero-order chi connectivity index (χ0) is 13.8. The number of hydrogen-bond acceptors (Lipinski definition) is 4. The van der Waals surface area contributed by atoms with Gasteiger partial charge in [0.15, 0.2) is 11.5 Å². The SMILES string of the molecule is Brc1cc(CNCC2CCCCS2)cc2c1OCCO2. The molecule has 0 saturated carbocycles. The summed E-state index contributed by atoms with van der Waals surface area (Å²) in [5.74, 6) is 3.01. The molecule has 110 valence electrons. The van der Waals surface area contributed by atoms with E-state index in [-0.39, 0.29) is 0 Å². The van der Waals surface area contributed by atoms with Gasteiger partial charge in [-0.3, -0.25) is 0 Å². The van der Waals surface area contributed by atoms with Gasteiger partial charge in [-0.05, 0) is 52.2 Å². The molecule has 1 unspecified atom stereocenters. The predicted octanol–water partition coefficient (Wildman–Crippen LogP) is 3.60. The van der Waals surface area contributed by atoms with Gasteiger partial charge in [-0.25, -0.2) is 0 Å². The van der Waals surface area contributed by atoms with Gasteiger partial charge < -0.3 is 14.8 Å². The summed E-state index contributed by atoms with van der Waals surface area (Å²) in [4.78, 5) is 0. The molecule has 1 aromatic rings. The van der Waals surface area contributed by atoms with Crippen LogP contribution in [0.1, 0.15) is 24.8 Å². The largest absolute Gasteiger partial charge is 0.486 e. The van der Waals surface area contributed by atoms with Crippen molar-refractivity contribution in [1.82, 2.24) is 5.32 Å². The van der Waals surface area contributed by atoms with E-state index in [1.165, 1.54) is 30.6 Å². The van der Waals surface area contributed by atoms with E-state index < -0.39 is 0 Å². The summed E-state index contributed by atoms with van der Waals surface area (Å²) in [6, 6.07) is 4.20. The predicted molar refractivity (Wildman–Crippen MR) is 86.9 cm³/mol. The van der Waals surface area contributed by atoms with Crippen LogP contribution in [-0.4, -0.2) is 30.8 Å². The van der Waals surface area contributed by atoms with Crippen molar-refractivity contribution in [3.63, 3.8) is 0 Å². The molecule has 2 aliphatic rings. The number of benzene rings is 1. The Hall–Kier alpha value is -0.390. The van der Waals surface area contributed by atoms with Gasteiger partial charge in [-0.15, -0.1) is 0 Å². The van der Waals surface area contributed by atoms with Crippen molar-refractivity contribution >= 4 is 27.7 Å². The molecule has 2 heterocycles. The molecule has 1 fully saturated rings. The maximum Gasteiger partial charge on any atom is 0.175 e. The maximum absolute atomic E-state index is 5.65. The van der Waals surface area contributed by atoms with E-state index in [1.807, 2.05) is 0 Å². The minimum Gasteiger partial charge on any atom is -0.486 e. The Morgan fingerprint density at radius 2 is 2.15 bits per heavy atom. The fourth-order valence-corrected chi connectivity index (χ4v) is 4.49. The van der Waals surface area contributed by atoms with E-state index in [0.717, 1.165) is 34.3 Å². The van der Waals surface area contributed by atoms with Crippen LogP contribution in [0.4, 0.5) is 0 Å². The molecule has 0 bridgehead atoms. The number of thioether (sulfide) groups is 1. The third-order valence-corrected chi connectivity index (χ3v) is 5.62. The van der Waals surface area contributed by atoms with Gasteiger partial charge in [0.25, 0.3) is 0 Å². The van der Waals surface area contributed by atoms with Gasteiger partial charge in [0.1, 0.15) is 13.2 Å². The zero-order valence-electron chi connectivity index (χ0n) is 11.5. The maximum atomic E-state index is 5.65. The van der Waals surface area contributed by atoms with Crippen LogP contribution in [0.2, 0.25) is 0 Å². The summed E-state index contributed by atoms with van der Waals surface area (Å²) in [6.07, 6.45) is 4.12. The number of fused-ring (bicyclic) bond motifs is 1. The molecular formula is C15H20BrNO2S. The third-order valence-electron chi connectivity index (χ3n) is 3.63. The Labute approximate surface area is 132 Å². The molecule has 0 aliphatic carbocycles. The summed E-state index contributed by atoms with van der Waals surface area (Å²) in [6.45, 7) is 3.24. The number of ether oxygens (including phenoxy) is 2. The first-order valence-electron chi connectivity index (χ1n) is 7.23. The first kappa shape index (κ1) is 14.5. The Morgan fingerprint density at radius 3 is 3.00 bits per heavy atom. The normalized spacial score (nSPS) is 21.8. The van der Waals surface area contributed by atoms with Crippen LogP contribution in [-0.2, 0) is 6.54 Å². The van der Waals surface area contributed by atoms with Gasteiger partial charge in [0.05, 0.1) is 4.47 Å². The zero-order valence-corrected chi connectivity index (χ0v) is 13.9. The number of hydrogen-bond donors (Lipinski definition) is 1. The number of halogens is 1. The standard InChI is InChI=1S/C15H20BrNO2S/c16-13-7-11(8-14-15(13)19-5-4-18-14)9-17-10-12-3-1-2-6-20-12/h7-8,12,17H,1-6,9-10H2. The highest BCUT2D eigenvalue weighted by Crippen LogP contribution is 2.38. The molecule has 20 heavy (non-hydrogen) atoms.